The van der Waals surface area contributed by atoms with Gasteiger partial charge in [0, 0.05) is 12.7 Å². The van der Waals surface area contributed by atoms with Crippen LogP contribution >= 0.6 is 24.8 Å². The third kappa shape index (κ3) is 7.01. The molecule has 1 aliphatic rings. The molecule has 1 aliphatic heterocycles. The van der Waals surface area contributed by atoms with E-state index in [1.165, 1.54) is 0 Å². The van der Waals surface area contributed by atoms with E-state index in [0.717, 1.165) is 42.9 Å². The summed E-state index contributed by atoms with van der Waals surface area (Å²) in [5.74, 6) is 0.975. The number of carbonyl (C=O) groups excluding carboxylic acids is 1. The maximum Gasteiger partial charge on any atom is 0.224 e. The van der Waals surface area contributed by atoms with E-state index in [4.69, 9.17) is 4.74 Å². The Kier molecular flexibility index (Phi) is 10.1. The quantitative estimate of drug-likeness (QED) is 0.760. The molecular weight excluding hydrogens is 385 g/mol. The number of ether oxygens (including phenoxy) is 1. The molecule has 27 heavy (non-hydrogen) atoms. The van der Waals surface area contributed by atoms with Crippen molar-refractivity contribution in [3.63, 3.8) is 0 Å². The van der Waals surface area contributed by atoms with Crippen LogP contribution in [0, 0.1) is 5.92 Å². The van der Waals surface area contributed by atoms with Crippen molar-refractivity contribution in [1.82, 2.24) is 15.6 Å². The molecule has 1 amide bonds. The second kappa shape index (κ2) is 11.8. The van der Waals surface area contributed by atoms with E-state index in [-0.39, 0.29) is 42.7 Å². The van der Waals surface area contributed by atoms with Gasteiger partial charge in [0.1, 0.15) is 12.4 Å². The van der Waals surface area contributed by atoms with Crippen LogP contribution in [0.1, 0.15) is 37.1 Å². The van der Waals surface area contributed by atoms with Gasteiger partial charge < -0.3 is 15.4 Å². The third-order valence-corrected chi connectivity index (χ3v) is 4.50. The summed E-state index contributed by atoms with van der Waals surface area (Å²) in [5.41, 5.74) is 1.93. The fourth-order valence-electron chi connectivity index (χ4n) is 3.00. The Labute approximate surface area is 173 Å². The van der Waals surface area contributed by atoms with Gasteiger partial charge in [-0.2, -0.15) is 0 Å². The highest BCUT2D eigenvalue weighted by atomic mass is 35.5. The normalized spacial score (nSPS) is 17.0. The topological polar surface area (TPSA) is 63.2 Å². The number of nitrogens with zero attached hydrogens (tertiary/aromatic N) is 1. The molecule has 0 spiro atoms. The summed E-state index contributed by atoms with van der Waals surface area (Å²) in [6.45, 7) is 4.21. The average Bonchev–Trinajstić information content (AvgIpc) is 2.68. The Morgan fingerprint density at radius 2 is 2.15 bits per heavy atom. The molecule has 2 aromatic rings. The van der Waals surface area contributed by atoms with Crippen molar-refractivity contribution in [2.75, 3.05) is 13.1 Å². The first-order valence-corrected chi connectivity index (χ1v) is 8.86. The minimum atomic E-state index is -0.0483. The Balaban J connectivity index is 0.00000182. The van der Waals surface area contributed by atoms with Crippen LogP contribution in [0.2, 0.25) is 0 Å². The standard InChI is InChI=1S/C20H25N3O2.2ClH/c1-15(23-20(24)17-7-5-10-21-13-17)16-6-4-9-19(12-16)25-14-18-8-2-3-11-22-18;;/h2-4,6,8-9,11-12,15,17,21H,5,7,10,13-14H2,1H3,(H,23,24);2*1H. The Morgan fingerprint density at radius 3 is 2.85 bits per heavy atom. The predicted molar refractivity (Wildman–Crippen MR) is 112 cm³/mol. The van der Waals surface area contributed by atoms with E-state index < -0.39 is 0 Å². The number of rotatable bonds is 6. The number of amides is 1. The number of carbonyl (C=O) groups is 1. The van der Waals surface area contributed by atoms with Crippen LogP contribution in [0.5, 0.6) is 5.75 Å². The number of aromatic nitrogens is 1. The number of pyridine rings is 1. The van der Waals surface area contributed by atoms with Gasteiger partial charge >= 0.3 is 0 Å². The monoisotopic (exact) mass is 411 g/mol. The van der Waals surface area contributed by atoms with Gasteiger partial charge in [0.2, 0.25) is 5.91 Å². The SMILES string of the molecule is CC(NC(=O)C1CCCNC1)c1cccc(OCc2ccccn2)c1.Cl.Cl. The molecule has 5 nitrogen and oxygen atoms in total. The lowest BCUT2D eigenvalue weighted by Gasteiger charge is -2.24. The van der Waals surface area contributed by atoms with Crippen molar-refractivity contribution < 1.29 is 9.53 Å². The molecule has 0 bridgehead atoms. The summed E-state index contributed by atoms with van der Waals surface area (Å²) < 4.78 is 5.82. The molecule has 0 radical (unpaired) electrons. The zero-order valence-electron chi connectivity index (χ0n) is 15.4. The summed E-state index contributed by atoms with van der Waals surface area (Å²) in [7, 11) is 0. The van der Waals surface area contributed by atoms with Crippen molar-refractivity contribution in [3.8, 4) is 5.75 Å². The Bertz CT molecular complexity index is 695. The van der Waals surface area contributed by atoms with Gasteiger partial charge in [-0.25, -0.2) is 0 Å². The first-order valence-electron chi connectivity index (χ1n) is 8.86. The van der Waals surface area contributed by atoms with Crippen molar-refractivity contribution in [2.45, 2.75) is 32.4 Å². The molecule has 1 saturated heterocycles. The lowest BCUT2D eigenvalue weighted by atomic mass is 9.98. The summed E-state index contributed by atoms with van der Waals surface area (Å²) in [4.78, 5) is 16.6. The second-order valence-electron chi connectivity index (χ2n) is 6.46. The van der Waals surface area contributed by atoms with Crippen LogP contribution < -0.4 is 15.4 Å². The van der Waals surface area contributed by atoms with Crippen LogP contribution in [0.25, 0.3) is 0 Å². The Hall–Kier alpha value is -1.82. The molecule has 2 heterocycles. The third-order valence-electron chi connectivity index (χ3n) is 4.50. The van der Waals surface area contributed by atoms with Crippen LogP contribution in [0.15, 0.2) is 48.7 Å². The molecule has 2 N–H and O–H groups in total. The molecule has 0 aliphatic carbocycles. The van der Waals surface area contributed by atoms with Gasteiger partial charge in [-0.05, 0) is 56.1 Å². The first kappa shape index (κ1) is 23.2. The van der Waals surface area contributed by atoms with E-state index in [9.17, 15) is 4.79 Å². The highest BCUT2D eigenvalue weighted by molar-refractivity contribution is 5.85. The molecule has 148 valence electrons. The molecule has 1 fully saturated rings. The van der Waals surface area contributed by atoms with Gasteiger partial charge in [0.25, 0.3) is 0 Å². The minimum absolute atomic E-state index is 0. The van der Waals surface area contributed by atoms with Crippen LogP contribution in [0.4, 0.5) is 0 Å². The fraction of sp³-hybridized carbons (Fsp3) is 0.400. The van der Waals surface area contributed by atoms with Crippen molar-refractivity contribution in [3.05, 3.63) is 59.9 Å². The van der Waals surface area contributed by atoms with Crippen LogP contribution in [-0.2, 0) is 11.4 Å². The van der Waals surface area contributed by atoms with Crippen molar-refractivity contribution in [2.24, 2.45) is 5.92 Å². The number of halogens is 2. The van der Waals surface area contributed by atoms with Gasteiger partial charge in [-0.3, -0.25) is 9.78 Å². The molecule has 7 heteroatoms. The zero-order chi connectivity index (χ0) is 17.5. The lowest BCUT2D eigenvalue weighted by molar-refractivity contribution is -0.126. The maximum atomic E-state index is 12.4. The van der Waals surface area contributed by atoms with Gasteiger partial charge in [0.15, 0.2) is 0 Å². The molecule has 2 unspecified atom stereocenters. The summed E-state index contributed by atoms with van der Waals surface area (Å²) in [6.07, 6.45) is 3.77. The van der Waals surface area contributed by atoms with E-state index >= 15 is 0 Å². The van der Waals surface area contributed by atoms with Crippen LogP contribution in [0.3, 0.4) is 0 Å². The average molecular weight is 412 g/mol. The largest absolute Gasteiger partial charge is 0.487 e. The molecule has 2 atom stereocenters. The van der Waals surface area contributed by atoms with E-state index in [0.29, 0.717) is 6.61 Å². The maximum absolute atomic E-state index is 12.4. The minimum Gasteiger partial charge on any atom is -0.487 e. The molecular formula is C20H27Cl2N3O2. The Morgan fingerprint density at radius 1 is 1.30 bits per heavy atom. The first-order chi connectivity index (χ1) is 12.2. The van der Waals surface area contributed by atoms with Crippen molar-refractivity contribution in [1.29, 1.82) is 0 Å². The smallest absolute Gasteiger partial charge is 0.224 e. The fourth-order valence-corrected chi connectivity index (χ4v) is 3.00. The number of piperidine rings is 1. The summed E-state index contributed by atoms with van der Waals surface area (Å²) >= 11 is 0. The van der Waals surface area contributed by atoms with Gasteiger partial charge in [-0.1, -0.05) is 18.2 Å². The van der Waals surface area contributed by atoms with Crippen molar-refractivity contribution >= 4 is 30.7 Å². The zero-order valence-corrected chi connectivity index (χ0v) is 17.0. The van der Waals surface area contributed by atoms with Gasteiger partial charge in [0.05, 0.1) is 17.7 Å². The van der Waals surface area contributed by atoms with E-state index in [2.05, 4.69) is 15.6 Å². The highest BCUT2D eigenvalue weighted by Gasteiger charge is 2.22. The molecule has 0 saturated carbocycles. The van der Waals surface area contributed by atoms with Gasteiger partial charge in [-0.15, -0.1) is 24.8 Å². The molecule has 1 aromatic heterocycles. The predicted octanol–water partition coefficient (Wildman–Crippen LogP) is 3.68. The lowest BCUT2D eigenvalue weighted by Crippen LogP contribution is -2.41. The molecule has 3 rings (SSSR count). The number of hydrogen-bond acceptors (Lipinski definition) is 4. The molecule has 1 aromatic carbocycles. The van der Waals surface area contributed by atoms with E-state index in [1.807, 2.05) is 49.4 Å². The summed E-state index contributed by atoms with van der Waals surface area (Å²) in [6, 6.07) is 13.6. The second-order valence-corrected chi connectivity index (χ2v) is 6.46. The number of nitrogens with one attached hydrogen (secondary N) is 2. The number of benzene rings is 1. The highest BCUT2D eigenvalue weighted by Crippen LogP contribution is 2.21. The number of hydrogen-bond donors (Lipinski definition) is 2. The van der Waals surface area contributed by atoms with E-state index in [1.54, 1.807) is 6.20 Å². The van der Waals surface area contributed by atoms with Crippen LogP contribution in [-0.4, -0.2) is 24.0 Å². The summed E-state index contributed by atoms with van der Waals surface area (Å²) in [5, 5.41) is 6.40.